The molecule has 1 aromatic heterocycles. The number of aryl methyl sites for hydroxylation is 1. The lowest BCUT2D eigenvalue weighted by Gasteiger charge is -1.96. The molecule has 0 radical (unpaired) electrons. The van der Waals surface area contributed by atoms with Gasteiger partial charge in [0.05, 0.1) is 0 Å². The first-order valence-corrected chi connectivity index (χ1v) is 3.86. The maximum Gasteiger partial charge on any atom is 0.142 e. The Bertz CT molecular complexity index is 320. The van der Waals surface area contributed by atoms with E-state index in [9.17, 15) is 4.79 Å². The van der Waals surface area contributed by atoms with E-state index in [2.05, 4.69) is 4.98 Å². The van der Waals surface area contributed by atoms with Crippen LogP contribution in [0.5, 0.6) is 0 Å². The maximum atomic E-state index is 10.00. The molecule has 0 fully saturated rings. The number of allylic oxidation sites excluding steroid dienone is 1. The molecular weight excluding hydrogens is 174 g/mol. The van der Waals surface area contributed by atoms with Crippen molar-refractivity contribution >= 4 is 24.0 Å². The van der Waals surface area contributed by atoms with Crippen LogP contribution < -0.4 is 0 Å². The SMILES string of the molecule is Cc1cc(C=CC=O)cnc1Cl. The maximum absolute atomic E-state index is 10.00. The number of rotatable bonds is 2. The second kappa shape index (κ2) is 4.02. The summed E-state index contributed by atoms with van der Waals surface area (Å²) in [7, 11) is 0. The van der Waals surface area contributed by atoms with E-state index in [0.717, 1.165) is 17.4 Å². The quantitative estimate of drug-likeness (QED) is 0.398. The van der Waals surface area contributed by atoms with Crippen molar-refractivity contribution in [1.29, 1.82) is 0 Å². The molecule has 0 unspecified atom stereocenters. The Hall–Kier alpha value is -1.15. The number of carbonyl (C=O) groups is 1. The molecule has 0 atom stereocenters. The zero-order valence-corrected chi connectivity index (χ0v) is 7.38. The van der Waals surface area contributed by atoms with Crippen molar-refractivity contribution in [1.82, 2.24) is 4.98 Å². The second-order valence-corrected chi connectivity index (χ2v) is 2.73. The second-order valence-electron chi connectivity index (χ2n) is 2.37. The summed E-state index contributed by atoms with van der Waals surface area (Å²) < 4.78 is 0. The summed E-state index contributed by atoms with van der Waals surface area (Å²) in [4.78, 5) is 13.9. The third-order valence-electron chi connectivity index (χ3n) is 1.40. The highest BCUT2D eigenvalue weighted by molar-refractivity contribution is 6.30. The Morgan fingerprint density at radius 3 is 2.92 bits per heavy atom. The number of pyridine rings is 1. The van der Waals surface area contributed by atoms with Crippen LogP contribution in [-0.4, -0.2) is 11.3 Å². The van der Waals surface area contributed by atoms with Gasteiger partial charge in [-0.25, -0.2) is 4.98 Å². The standard InChI is InChI=1S/C9H8ClNO/c1-7-5-8(3-2-4-12)6-11-9(7)10/h2-6H,1H3. The Morgan fingerprint density at radius 2 is 2.33 bits per heavy atom. The molecule has 12 heavy (non-hydrogen) atoms. The van der Waals surface area contributed by atoms with Crippen LogP contribution in [0.4, 0.5) is 0 Å². The highest BCUT2D eigenvalue weighted by Crippen LogP contribution is 2.13. The van der Waals surface area contributed by atoms with Crippen LogP contribution in [-0.2, 0) is 4.79 Å². The first-order valence-electron chi connectivity index (χ1n) is 3.48. The van der Waals surface area contributed by atoms with Crippen molar-refractivity contribution in [3.05, 3.63) is 34.6 Å². The van der Waals surface area contributed by atoms with Gasteiger partial charge in [-0.1, -0.05) is 17.7 Å². The van der Waals surface area contributed by atoms with Crippen LogP contribution in [0.2, 0.25) is 5.15 Å². The summed E-state index contributed by atoms with van der Waals surface area (Å²) >= 11 is 5.71. The van der Waals surface area contributed by atoms with Crippen LogP contribution in [0.15, 0.2) is 18.3 Å². The zero-order chi connectivity index (χ0) is 8.97. The fourth-order valence-electron chi connectivity index (χ4n) is 0.821. The predicted molar refractivity (Wildman–Crippen MR) is 49.1 cm³/mol. The minimum absolute atomic E-state index is 0.498. The Balaban J connectivity index is 2.96. The van der Waals surface area contributed by atoms with Crippen molar-refractivity contribution in [2.45, 2.75) is 6.92 Å². The van der Waals surface area contributed by atoms with Crippen molar-refractivity contribution in [2.24, 2.45) is 0 Å². The molecule has 0 saturated heterocycles. The van der Waals surface area contributed by atoms with Crippen LogP contribution in [0.1, 0.15) is 11.1 Å². The average molecular weight is 182 g/mol. The van der Waals surface area contributed by atoms with E-state index in [1.165, 1.54) is 6.08 Å². The summed E-state index contributed by atoms with van der Waals surface area (Å²) in [6.45, 7) is 1.87. The van der Waals surface area contributed by atoms with Crippen molar-refractivity contribution in [3.8, 4) is 0 Å². The van der Waals surface area contributed by atoms with Gasteiger partial charge in [-0.2, -0.15) is 0 Å². The largest absolute Gasteiger partial charge is 0.299 e. The molecule has 0 bridgehead atoms. The molecule has 0 N–H and O–H groups in total. The number of hydrogen-bond acceptors (Lipinski definition) is 2. The van der Waals surface area contributed by atoms with E-state index < -0.39 is 0 Å². The number of aldehydes is 1. The van der Waals surface area contributed by atoms with Crippen molar-refractivity contribution < 1.29 is 4.79 Å². The van der Waals surface area contributed by atoms with Gasteiger partial charge in [0, 0.05) is 6.20 Å². The molecule has 3 heteroatoms. The molecule has 1 heterocycles. The summed E-state index contributed by atoms with van der Waals surface area (Å²) in [6.07, 6.45) is 5.45. The number of carbonyl (C=O) groups excluding carboxylic acids is 1. The van der Waals surface area contributed by atoms with Gasteiger partial charge in [0.1, 0.15) is 11.4 Å². The van der Waals surface area contributed by atoms with Gasteiger partial charge in [-0.3, -0.25) is 4.79 Å². The van der Waals surface area contributed by atoms with Gasteiger partial charge in [0.15, 0.2) is 0 Å². The lowest BCUT2D eigenvalue weighted by molar-refractivity contribution is -0.104. The van der Waals surface area contributed by atoms with E-state index in [1.54, 1.807) is 12.3 Å². The lowest BCUT2D eigenvalue weighted by Crippen LogP contribution is -1.82. The highest BCUT2D eigenvalue weighted by Gasteiger charge is 1.95. The van der Waals surface area contributed by atoms with E-state index in [0.29, 0.717) is 5.15 Å². The van der Waals surface area contributed by atoms with Crippen LogP contribution in [0.3, 0.4) is 0 Å². The first-order chi connectivity index (χ1) is 5.74. The third-order valence-corrected chi connectivity index (χ3v) is 1.80. The molecular formula is C9H8ClNO. The molecule has 0 aromatic carbocycles. The molecule has 0 amide bonds. The first kappa shape index (κ1) is 8.94. The molecule has 1 rings (SSSR count). The van der Waals surface area contributed by atoms with Crippen LogP contribution >= 0.6 is 11.6 Å². The molecule has 1 aromatic rings. The van der Waals surface area contributed by atoms with Gasteiger partial charge in [0.2, 0.25) is 0 Å². The molecule has 0 aliphatic heterocycles. The Labute approximate surface area is 75.9 Å². The zero-order valence-electron chi connectivity index (χ0n) is 6.62. The van der Waals surface area contributed by atoms with Crippen molar-refractivity contribution in [2.75, 3.05) is 0 Å². The van der Waals surface area contributed by atoms with E-state index >= 15 is 0 Å². The monoisotopic (exact) mass is 181 g/mol. The molecule has 2 nitrogen and oxygen atoms in total. The molecule has 0 aliphatic rings. The predicted octanol–water partition coefficient (Wildman–Crippen LogP) is 2.26. The molecule has 0 aliphatic carbocycles. The number of aromatic nitrogens is 1. The number of hydrogen-bond donors (Lipinski definition) is 0. The van der Waals surface area contributed by atoms with Gasteiger partial charge in [-0.05, 0) is 30.2 Å². The van der Waals surface area contributed by atoms with Crippen molar-refractivity contribution in [3.63, 3.8) is 0 Å². The Morgan fingerprint density at radius 1 is 1.58 bits per heavy atom. The summed E-state index contributed by atoms with van der Waals surface area (Å²) in [5.74, 6) is 0. The van der Waals surface area contributed by atoms with Gasteiger partial charge in [0.25, 0.3) is 0 Å². The number of nitrogens with zero attached hydrogens (tertiary/aromatic N) is 1. The smallest absolute Gasteiger partial charge is 0.142 e. The van der Waals surface area contributed by atoms with E-state index in [-0.39, 0.29) is 0 Å². The fourth-order valence-corrected chi connectivity index (χ4v) is 0.925. The van der Waals surface area contributed by atoms with Gasteiger partial charge < -0.3 is 0 Å². The molecule has 62 valence electrons. The minimum atomic E-state index is 0.498. The summed E-state index contributed by atoms with van der Waals surface area (Å²) in [6, 6.07) is 1.87. The fraction of sp³-hybridized carbons (Fsp3) is 0.111. The van der Waals surface area contributed by atoms with Gasteiger partial charge in [-0.15, -0.1) is 0 Å². The third kappa shape index (κ3) is 2.17. The molecule has 0 saturated carbocycles. The Kier molecular flexibility index (Phi) is 3.00. The lowest BCUT2D eigenvalue weighted by atomic mass is 10.2. The van der Waals surface area contributed by atoms with E-state index in [1.807, 2.05) is 13.0 Å². The van der Waals surface area contributed by atoms with E-state index in [4.69, 9.17) is 11.6 Å². The average Bonchev–Trinajstić information content (AvgIpc) is 2.07. The topological polar surface area (TPSA) is 30.0 Å². The number of halogens is 1. The minimum Gasteiger partial charge on any atom is -0.299 e. The van der Waals surface area contributed by atoms with Crippen LogP contribution in [0.25, 0.3) is 6.08 Å². The summed E-state index contributed by atoms with van der Waals surface area (Å²) in [5.41, 5.74) is 1.79. The summed E-state index contributed by atoms with van der Waals surface area (Å²) in [5, 5.41) is 0.498. The normalized spacial score (nSPS) is 10.5. The van der Waals surface area contributed by atoms with Crippen LogP contribution in [0, 0.1) is 6.92 Å². The van der Waals surface area contributed by atoms with Gasteiger partial charge >= 0.3 is 0 Å². The highest BCUT2D eigenvalue weighted by atomic mass is 35.5. The molecule has 0 spiro atoms.